The Morgan fingerprint density at radius 1 is 1.17 bits per heavy atom. The number of thiazole rings is 1. The molecule has 3 heterocycles. The minimum absolute atomic E-state index is 0.109. The van der Waals surface area contributed by atoms with Crippen LogP contribution in [0.5, 0.6) is 0 Å². The van der Waals surface area contributed by atoms with Gasteiger partial charge in [-0.25, -0.2) is 15.0 Å². The second-order valence-corrected chi connectivity index (χ2v) is 8.34. The third-order valence-corrected chi connectivity index (χ3v) is 6.00. The van der Waals surface area contributed by atoms with E-state index in [-0.39, 0.29) is 5.91 Å². The summed E-state index contributed by atoms with van der Waals surface area (Å²) in [7, 11) is 1.83. The Labute approximate surface area is 174 Å². The number of likely N-dealkylation sites (N-methyl/N-ethyl adjacent to an activating group) is 1. The van der Waals surface area contributed by atoms with Gasteiger partial charge in [-0.05, 0) is 6.92 Å². The number of carbonyl (C=O) groups excluding carboxylic acids is 1. The van der Waals surface area contributed by atoms with Crippen molar-refractivity contribution < 1.29 is 4.79 Å². The van der Waals surface area contributed by atoms with Crippen LogP contribution < -0.4 is 10.2 Å². The minimum atomic E-state index is 0.109. The zero-order chi connectivity index (χ0) is 20.2. The highest BCUT2D eigenvalue weighted by Crippen LogP contribution is 2.27. The molecular weight excluding hydrogens is 384 g/mol. The van der Waals surface area contributed by atoms with Gasteiger partial charge in [-0.3, -0.25) is 4.79 Å². The first kappa shape index (κ1) is 19.3. The fourth-order valence-corrected chi connectivity index (χ4v) is 4.24. The molecule has 0 spiro atoms. The predicted molar refractivity (Wildman–Crippen MR) is 116 cm³/mol. The second-order valence-electron chi connectivity index (χ2n) is 7.05. The van der Waals surface area contributed by atoms with Gasteiger partial charge in [0.25, 0.3) is 0 Å². The number of aryl methyl sites for hydroxylation is 1. The van der Waals surface area contributed by atoms with Gasteiger partial charge in [-0.2, -0.15) is 0 Å². The molecule has 1 amide bonds. The van der Waals surface area contributed by atoms with Gasteiger partial charge in [-0.1, -0.05) is 30.3 Å². The van der Waals surface area contributed by atoms with Crippen LogP contribution in [0.4, 0.5) is 11.6 Å². The number of hydrogen-bond acceptors (Lipinski definition) is 7. The molecule has 0 atom stereocenters. The van der Waals surface area contributed by atoms with Crippen LogP contribution in [0.1, 0.15) is 9.88 Å². The Bertz CT molecular complexity index is 990. The molecule has 1 saturated heterocycles. The molecule has 1 aromatic carbocycles. The largest absolute Gasteiger partial charge is 0.369 e. The first-order valence-electron chi connectivity index (χ1n) is 9.67. The second kappa shape index (κ2) is 8.57. The normalized spacial score (nSPS) is 14.3. The maximum absolute atomic E-state index is 11.9. The molecule has 29 heavy (non-hydrogen) atoms. The molecule has 8 heteroatoms. The molecule has 0 saturated carbocycles. The third kappa shape index (κ3) is 4.54. The summed E-state index contributed by atoms with van der Waals surface area (Å²) in [6.07, 6.45) is 2.37. The van der Waals surface area contributed by atoms with E-state index in [1.54, 1.807) is 22.6 Å². The van der Waals surface area contributed by atoms with Crippen molar-refractivity contribution in [1.29, 1.82) is 0 Å². The number of hydrogen-bond donors (Lipinski definition) is 1. The number of rotatable bonds is 6. The number of piperazine rings is 1. The maximum atomic E-state index is 11.9. The van der Waals surface area contributed by atoms with Crippen LogP contribution in [0.2, 0.25) is 0 Å². The average molecular weight is 409 g/mol. The molecule has 3 aromatic rings. The van der Waals surface area contributed by atoms with Crippen molar-refractivity contribution in [1.82, 2.24) is 19.9 Å². The number of anilines is 2. The van der Waals surface area contributed by atoms with Crippen molar-refractivity contribution in [3.8, 4) is 11.3 Å². The first-order chi connectivity index (χ1) is 14.1. The van der Waals surface area contributed by atoms with E-state index in [4.69, 9.17) is 4.98 Å². The lowest BCUT2D eigenvalue weighted by Gasteiger charge is -2.32. The Morgan fingerprint density at radius 2 is 2.00 bits per heavy atom. The van der Waals surface area contributed by atoms with Gasteiger partial charge in [0.15, 0.2) is 0 Å². The van der Waals surface area contributed by atoms with Crippen LogP contribution in [-0.4, -0.2) is 59.0 Å². The summed E-state index contributed by atoms with van der Waals surface area (Å²) < 4.78 is 0. The Hall–Kier alpha value is -3.00. The Balaban J connectivity index is 1.36. The summed E-state index contributed by atoms with van der Waals surface area (Å²) in [4.78, 5) is 30.4. The van der Waals surface area contributed by atoms with Crippen molar-refractivity contribution in [2.24, 2.45) is 0 Å². The number of nitrogens with zero attached hydrogens (tertiary/aromatic N) is 5. The van der Waals surface area contributed by atoms with E-state index < -0.39 is 0 Å². The summed E-state index contributed by atoms with van der Waals surface area (Å²) >= 11 is 1.74. The molecule has 0 radical (unpaired) electrons. The lowest BCUT2D eigenvalue weighted by atomic mass is 10.1. The molecule has 7 nitrogen and oxygen atoms in total. The standard InChI is InChI=1S/C21H24N6OS/c1-15-21(16-6-4-3-5-7-16)25-19(29-15)8-9-22-17-12-18(24-14-23-17)27-11-10-26(2)20(28)13-27/h3-7,12,14H,8-11,13H2,1-2H3,(H,22,23,24). The predicted octanol–water partition coefficient (Wildman–Crippen LogP) is 2.84. The highest BCUT2D eigenvalue weighted by Gasteiger charge is 2.22. The quantitative estimate of drug-likeness (QED) is 0.676. The van der Waals surface area contributed by atoms with Crippen molar-refractivity contribution in [3.63, 3.8) is 0 Å². The van der Waals surface area contributed by atoms with E-state index in [0.717, 1.165) is 47.4 Å². The fourth-order valence-electron chi connectivity index (χ4n) is 3.29. The molecule has 1 aliphatic rings. The number of benzene rings is 1. The lowest BCUT2D eigenvalue weighted by molar-refractivity contribution is -0.129. The summed E-state index contributed by atoms with van der Waals surface area (Å²) in [5.74, 6) is 1.65. The van der Waals surface area contributed by atoms with E-state index in [1.807, 2.05) is 36.2 Å². The summed E-state index contributed by atoms with van der Waals surface area (Å²) in [5, 5.41) is 4.46. The summed E-state index contributed by atoms with van der Waals surface area (Å²) in [6.45, 7) is 4.69. The molecule has 1 fully saturated rings. The zero-order valence-corrected chi connectivity index (χ0v) is 17.4. The molecule has 1 N–H and O–H groups in total. The molecule has 0 bridgehead atoms. The molecular formula is C21H24N6OS. The van der Waals surface area contributed by atoms with Crippen LogP contribution in [-0.2, 0) is 11.2 Å². The van der Waals surface area contributed by atoms with E-state index >= 15 is 0 Å². The molecule has 0 aliphatic carbocycles. The van der Waals surface area contributed by atoms with Gasteiger partial charge < -0.3 is 15.1 Å². The lowest BCUT2D eigenvalue weighted by Crippen LogP contribution is -2.48. The highest BCUT2D eigenvalue weighted by atomic mass is 32.1. The van der Waals surface area contributed by atoms with Gasteiger partial charge in [-0.15, -0.1) is 11.3 Å². The number of carbonyl (C=O) groups is 1. The van der Waals surface area contributed by atoms with Crippen LogP contribution in [0, 0.1) is 6.92 Å². The average Bonchev–Trinajstić information content (AvgIpc) is 3.11. The van der Waals surface area contributed by atoms with Gasteiger partial charge in [0.2, 0.25) is 5.91 Å². The van der Waals surface area contributed by atoms with E-state index in [1.165, 1.54) is 4.88 Å². The van der Waals surface area contributed by atoms with Crippen molar-refractivity contribution >= 4 is 28.9 Å². The molecule has 150 valence electrons. The Morgan fingerprint density at radius 3 is 2.79 bits per heavy atom. The van der Waals surface area contributed by atoms with Crippen molar-refractivity contribution in [2.75, 3.05) is 43.4 Å². The minimum Gasteiger partial charge on any atom is -0.369 e. The van der Waals surface area contributed by atoms with E-state index in [0.29, 0.717) is 13.1 Å². The van der Waals surface area contributed by atoms with Gasteiger partial charge >= 0.3 is 0 Å². The first-order valence-corrected chi connectivity index (χ1v) is 10.5. The summed E-state index contributed by atoms with van der Waals surface area (Å²) in [6, 6.07) is 12.2. The highest BCUT2D eigenvalue weighted by molar-refractivity contribution is 7.12. The molecule has 1 aliphatic heterocycles. The molecule has 4 rings (SSSR count). The van der Waals surface area contributed by atoms with Crippen LogP contribution in [0.15, 0.2) is 42.7 Å². The van der Waals surface area contributed by atoms with Gasteiger partial charge in [0.05, 0.1) is 17.2 Å². The molecule has 2 aromatic heterocycles. The summed E-state index contributed by atoms with van der Waals surface area (Å²) in [5.41, 5.74) is 2.22. The number of aromatic nitrogens is 3. The van der Waals surface area contributed by atoms with Crippen molar-refractivity contribution in [3.05, 3.63) is 52.6 Å². The maximum Gasteiger partial charge on any atom is 0.241 e. The SMILES string of the molecule is Cc1sc(CCNc2cc(N3CCN(C)C(=O)C3)ncn2)nc1-c1ccccc1. The third-order valence-electron chi connectivity index (χ3n) is 4.97. The topological polar surface area (TPSA) is 74.2 Å². The molecule has 0 unspecified atom stereocenters. The smallest absolute Gasteiger partial charge is 0.241 e. The Kier molecular flexibility index (Phi) is 5.71. The number of amides is 1. The van der Waals surface area contributed by atoms with Gasteiger partial charge in [0, 0.05) is 49.6 Å². The monoisotopic (exact) mass is 408 g/mol. The van der Waals surface area contributed by atoms with Gasteiger partial charge in [0.1, 0.15) is 18.0 Å². The van der Waals surface area contributed by atoms with Crippen LogP contribution in [0.3, 0.4) is 0 Å². The van der Waals surface area contributed by atoms with E-state index in [9.17, 15) is 4.79 Å². The van der Waals surface area contributed by atoms with E-state index in [2.05, 4.69) is 34.3 Å². The number of nitrogens with one attached hydrogen (secondary N) is 1. The zero-order valence-electron chi connectivity index (χ0n) is 16.6. The fraction of sp³-hybridized carbons (Fsp3) is 0.333. The van der Waals surface area contributed by atoms with Crippen molar-refractivity contribution in [2.45, 2.75) is 13.3 Å². The van der Waals surface area contributed by atoms with Crippen LogP contribution >= 0.6 is 11.3 Å². The van der Waals surface area contributed by atoms with Crippen LogP contribution in [0.25, 0.3) is 11.3 Å².